The highest BCUT2D eigenvalue weighted by Crippen LogP contribution is 2.29. The maximum absolute atomic E-state index is 11.5. The third-order valence-electron chi connectivity index (χ3n) is 6.06. The second kappa shape index (κ2) is 11.8. The van der Waals surface area contributed by atoms with Gasteiger partial charge in [0.15, 0.2) is 5.82 Å². The molecule has 0 saturated carbocycles. The number of rotatable bonds is 10. The standard InChI is InChI=1S/C23H31N5O5/c1-16-21(30)14-27(20(15-29)22(16)31)12-5-3-2-4-9-24-18-8-7-17(13-19(18)28(32)33)23-25-10-6-11-26-23/h4,6-11,13,16,20-22,24,29-31H,2-3,5,12,14-15H2,1H3/b9-4+/t16-,20-,21+,22+/m1/s1. The molecule has 0 bridgehead atoms. The van der Waals surface area contributed by atoms with Crippen LogP contribution in [0, 0.1) is 16.0 Å². The summed E-state index contributed by atoms with van der Waals surface area (Å²) < 4.78 is 0. The van der Waals surface area contributed by atoms with Crippen molar-refractivity contribution >= 4 is 11.4 Å². The summed E-state index contributed by atoms with van der Waals surface area (Å²) in [7, 11) is 0. The van der Waals surface area contributed by atoms with Gasteiger partial charge in [0.2, 0.25) is 0 Å². The molecule has 1 aliphatic rings. The molecule has 1 aliphatic heterocycles. The van der Waals surface area contributed by atoms with E-state index in [1.54, 1.807) is 43.7 Å². The van der Waals surface area contributed by atoms with E-state index >= 15 is 0 Å². The molecule has 178 valence electrons. The summed E-state index contributed by atoms with van der Waals surface area (Å²) in [6, 6.07) is 6.15. The summed E-state index contributed by atoms with van der Waals surface area (Å²) in [6.07, 6.45) is 7.86. The van der Waals surface area contributed by atoms with Crippen LogP contribution in [0.3, 0.4) is 0 Å². The molecule has 4 atom stereocenters. The monoisotopic (exact) mass is 457 g/mol. The van der Waals surface area contributed by atoms with Gasteiger partial charge in [0.1, 0.15) is 5.69 Å². The van der Waals surface area contributed by atoms with E-state index in [1.165, 1.54) is 6.07 Å². The number of β-amino-alcohol motifs (C(OH)–C–C–N with tert-alkyl or cyclic N) is 1. The zero-order valence-electron chi connectivity index (χ0n) is 18.6. The summed E-state index contributed by atoms with van der Waals surface area (Å²) in [5.74, 6) is 0.167. The maximum atomic E-state index is 11.5. The van der Waals surface area contributed by atoms with E-state index in [4.69, 9.17) is 0 Å². The van der Waals surface area contributed by atoms with Crippen molar-refractivity contribution < 1.29 is 20.2 Å². The summed E-state index contributed by atoms with van der Waals surface area (Å²) >= 11 is 0. The van der Waals surface area contributed by atoms with Gasteiger partial charge in [-0.05, 0) is 50.2 Å². The highest BCUT2D eigenvalue weighted by atomic mass is 16.6. The highest BCUT2D eigenvalue weighted by Gasteiger charge is 2.38. The molecular weight excluding hydrogens is 426 g/mol. The van der Waals surface area contributed by atoms with Crippen molar-refractivity contribution in [3.05, 3.63) is 59.0 Å². The van der Waals surface area contributed by atoms with E-state index in [-0.39, 0.29) is 24.3 Å². The molecule has 3 rings (SSSR count). The van der Waals surface area contributed by atoms with E-state index in [2.05, 4.69) is 15.3 Å². The number of hydrogen-bond donors (Lipinski definition) is 4. The Hall–Kier alpha value is -2.92. The van der Waals surface area contributed by atoms with Gasteiger partial charge in [0, 0.05) is 36.5 Å². The van der Waals surface area contributed by atoms with Crippen LogP contribution in [0.25, 0.3) is 11.4 Å². The summed E-state index contributed by atoms with van der Waals surface area (Å²) in [6.45, 7) is 2.76. The molecule has 1 aromatic carbocycles. The Balaban J connectivity index is 1.48. The Kier molecular flexibility index (Phi) is 8.84. The predicted molar refractivity (Wildman–Crippen MR) is 124 cm³/mol. The average molecular weight is 458 g/mol. The topological polar surface area (TPSA) is 145 Å². The van der Waals surface area contributed by atoms with Crippen molar-refractivity contribution in [2.75, 3.05) is 25.0 Å². The molecule has 1 saturated heterocycles. The molecule has 0 unspecified atom stereocenters. The van der Waals surface area contributed by atoms with E-state index in [9.17, 15) is 25.4 Å². The van der Waals surface area contributed by atoms with Crippen molar-refractivity contribution in [2.45, 2.75) is 44.4 Å². The van der Waals surface area contributed by atoms with Crippen molar-refractivity contribution in [3.8, 4) is 11.4 Å². The first-order valence-corrected chi connectivity index (χ1v) is 11.1. The molecule has 0 aliphatic carbocycles. The normalized spacial score (nSPS) is 23.6. The summed E-state index contributed by atoms with van der Waals surface area (Å²) in [5, 5.41) is 44.4. The van der Waals surface area contributed by atoms with Crippen LogP contribution in [0.5, 0.6) is 0 Å². The zero-order valence-corrected chi connectivity index (χ0v) is 18.6. The molecule has 10 nitrogen and oxygen atoms in total. The van der Waals surface area contributed by atoms with Gasteiger partial charge in [0.25, 0.3) is 5.69 Å². The van der Waals surface area contributed by atoms with Gasteiger partial charge in [-0.25, -0.2) is 9.97 Å². The Morgan fingerprint density at radius 2 is 2.03 bits per heavy atom. The lowest BCUT2D eigenvalue weighted by molar-refractivity contribution is -0.383. The van der Waals surface area contributed by atoms with E-state index in [0.717, 1.165) is 19.3 Å². The van der Waals surface area contributed by atoms with Crippen LogP contribution in [-0.4, -0.2) is 73.1 Å². The van der Waals surface area contributed by atoms with E-state index < -0.39 is 17.1 Å². The number of unbranched alkanes of at least 4 members (excludes halogenated alkanes) is 2. The number of aliphatic hydroxyl groups is 3. The van der Waals surface area contributed by atoms with Crippen LogP contribution in [0.15, 0.2) is 48.9 Å². The van der Waals surface area contributed by atoms with Gasteiger partial charge in [-0.2, -0.15) is 0 Å². The Morgan fingerprint density at radius 3 is 2.73 bits per heavy atom. The molecule has 1 aromatic heterocycles. The minimum atomic E-state index is -0.751. The van der Waals surface area contributed by atoms with Gasteiger partial charge in [0.05, 0.1) is 29.8 Å². The maximum Gasteiger partial charge on any atom is 0.293 e. The van der Waals surface area contributed by atoms with Gasteiger partial charge >= 0.3 is 0 Å². The van der Waals surface area contributed by atoms with Crippen LogP contribution in [0.2, 0.25) is 0 Å². The number of hydrogen-bond acceptors (Lipinski definition) is 9. The average Bonchev–Trinajstić information content (AvgIpc) is 2.82. The number of piperidine rings is 1. The molecular formula is C23H31N5O5. The number of likely N-dealkylation sites (tertiary alicyclic amines) is 1. The summed E-state index contributed by atoms with van der Waals surface area (Å²) in [5.41, 5.74) is 0.892. The third kappa shape index (κ3) is 6.32. The number of nitrogens with zero attached hydrogens (tertiary/aromatic N) is 4. The number of nitrogens with one attached hydrogen (secondary N) is 1. The van der Waals surface area contributed by atoms with Crippen LogP contribution < -0.4 is 5.32 Å². The van der Waals surface area contributed by atoms with Crippen LogP contribution in [-0.2, 0) is 0 Å². The number of benzene rings is 1. The first-order valence-electron chi connectivity index (χ1n) is 11.1. The number of aromatic nitrogens is 2. The van der Waals surface area contributed by atoms with Gasteiger partial charge in [-0.1, -0.05) is 13.0 Å². The summed E-state index contributed by atoms with van der Waals surface area (Å²) in [4.78, 5) is 21.2. The molecule has 4 N–H and O–H groups in total. The molecule has 2 aromatic rings. The van der Waals surface area contributed by atoms with Gasteiger partial charge in [-0.3, -0.25) is 15.0 Å². The minimum Gasteiger partial charge on any atom is -0.395 e. The highest BCUT2D eigenvalue weighted by molar-refractivity contribution is 5.70. The molecule has 10 heteroatoms. The molecule has 0 radical (unpaired) electrons. The fourth-order valence-electron chi connectivity index (χ4n) is 4.02. The van der Waals surface area contributed by atoms with Crippen molar-refractivity contribution in [1.29, 1.82) is 0 Å². The SMILES string of the molecule is C[C@H]1[C@H](O)[C@@H](CO)N(CCCC/C=C/Nc2ccc(-c3ncccn3)cc2[N+](=O)[O-])C[C@@H]1O. The van der Waals surface area contributed by atoms with Crippen molar-refractivity contribution in [1.82, 2.24) is 14.9 Å². The van der Waals surface area contributed by atoms with E-state index in [0.29, 0.717) is 30.2 Å². The lowest BCUT2D eigenvalue weighted by Gasteiger charge is -2.44. The lowest BCUT2D eigenvalue weighted by Crippen LogP contribution is -2.59. The van der Waals surface area contributed by atoms with E-state index in [1.807, 2.05) is 11.0 Å². The smallest absolute Gasteiger partial charge is 0.293 e. The number of nitro benzene ring substituents is 1. The second-order valence-electron chi connectivity index (χ2n) is 8.27. The fourth-order valence-corrected chi connectivity index (χ4v) is 4.02. The molecule has 2 heterocycles. The van der Waals surface area contributed by atoms with Gasteiger partial charge < -0.3 is 20.6 Å². The minimum absolute atomic E-state index is 0.0592. The first kappa shape index (κ1) is 24.7. The Bertz CT molecular complexity index is 942. The van der Waals surface area contributed by atoms with Crippen molar-refractivity contribution in [3.63, 3.8) is 0 Å². The quantitative estimate of drug-likeness (QED) is 0.240. The Morgan fingerprint density at radius 1 is 1.27 bits per heavy atom. The lowest BCUT2D eigenvalue weighted by atomic mass is 9.87. The second-order valence-corrected chi connectivity index (χ2v) is 8.27. The van der Waals surface area contributed by atoms with Crippen LogP contribution >= 0.6 is 0 Å². The number of nitro groups is 1. The van der Waals surface area contributed by atoms with Crippen LogP contribution in [0.1, 0.15) is 26.2 Å². The molecule has 1 fully saturated rings. The molecule has 0 amide bonds. The molecule has 0 spiro atoms. The zero-order chi connectivity index (χ0) is 23.8. The Labute approximate surface area is 192 Å². The number of aliphatic hydroxyl groups excluding tert-OH is 3. The van der Waals surface area contributed by atoms with Crippen molar-refractivity contribution in [2.24, 2.45) is 5.92 Å². The third-order valence-corrected chi connectivity index (χ3v) is 6.06. The van der Waals surface area contributed by atoms with Crippen LogP contribution in [0.4, 0.5) is 11.4 Å². The predicted octanol–water partition coefficient (Wildman–Crippen LogP) is 2.18. The number of allylic oxidation sites excluding steroid dienone is 1. The first-order chi connectivity index (χ1) is 15.9. The molecule has 33 heavy (non-hydrogen) atoms. The largest absolute Gasteiger partial charge is 0.395 e. The fraction of sp³-hybridized carbons (Fsp3) is 0.478. The van der Waals surface area contributed by atoms with Gasteiger partial charge in [-0.15, -0.1) is 0 Å². The number of anilines is 1.